The van der Waals surface area contributed by atoms with Crippen molar-refractivity contribution in [1.82, 2.24) is 5.16 Å². The van der Waals surface area contributed by atoms with Crippen molar-refractivity contribution in [3.8, 4) is 5.75 Å². The third-order valence-electron chi connectivity index (χ3n) is 1.98. The van der Waals surface area contributed by atoms with Crippen molar-refractivity contribution in [1.29, 1.82) is 0 Å². The minimum absolute atomic E-state index is 0.449. The summed E-state index contributed by atoms with van der Waals surface area (Å²) in [6.07, 6.45) is 1.66. The highest BCUT2D eigenvalue weighted by Crippen LogP contribution is 2.25. The lowest BCUT2D eigenvalue weighted by atomic mass is 10.1. The highest BCUT2D eigenvalue weighted by Gasteiger charge is 2.06. The Morgan fingerprint density at radius 3 is 3.08 bits per heavy atom. The average molecular weight is 178 g/mol. The maximum Gasteiger partial charge on any atom is 0.170 e. The van der Waals surface area contributed by atoms with Crippen LogP contribution in [-0.4, -0.2) is 12.3 Å². The molecular weight excluding hydrogens is 168 g/mol. The average Bonchev–Trinajstić information content (AvgIpc) is 2.62. The van der Waals surface area contributed by atoms with Crippen LogP contribution in [-0.2, 0) is 6.54 Å². The van der Waals surface area contributed by atoms with Crippen molar-refractivity contribution in [2.75, 3.05) is 7.11 Å². The van der Waals surface area contributed by atoms with Crippen LogP contribution in [0.15, 0.2) is 22.9 Å². The van der Waals surface area contributed by atoms with Crippen LogP contribution >= 0.6 is 0 Å². The van der Waals surface area contributed by atoms with Gasteiger partial charge in [-0.15, -0.1) is 0 Å². The van der Waals surface area contributed by atoms with Gasteiger partial charge in [0.2, 0.25) is 0 Å². The number of benzene rings is 1. The van der Waals surface area contributed by atoms with E-state index in [9.17, 15) is 0 Å². The third-order valence-corrected chi connectivity index (χ3v) is 1.98. The van der Waals surface area contributed by atoms with Gasteiger partial charge in [-0.2, -0.15) is 0 Å². The summed E-state index contributed by atoms with van der Waals surface area (Å²) < 4.78 is 10.1. The number of hydrogen-bond acceptors (Lipinski definition) is 4. The molecule has 0 aliphatic carbocycles. The molecule has 0 amide bonds. The van der Waals surface area contributed by atoms with Crippen LogP contribution in [0, 0.1) is 0 Å². The Balaban J connectivity index is 2.67. The molecule has 2 aromatic rings. The quantitative estimate of drug-likeness (QED) is 0.752. The van der Waals surface area contributed by atoms with Crippen LogP contribution in [0.3, 0.4) is 0 Å². The Bertz CT molecular complexity index is 384. The molecule has 0 saturated heterocycles. The largest absolute Gasteiger partial charge is 0.496 e. The van der Waals surface area contributed by atoms with E-state index in [0.29, 0.717) is 12.1 Å². The molecule has 1 heterocycles. The van der Waals surface area contributed by atoms with Crippen LogP contribution < -0.4 is 10.5 Å². The number of nitrogens with zero attached hydrogens (tertiary/aromatic N) is 1. The van der Waals surface area contributed by atoms with Crippen LogP contribution in [0.2, 0.25) is 0 Å². The summed E-state index contributed by atoms with van der Waals surface area (Å²) in [6.45, 7) is 0.449. The molecule has 0 spiro atoms. The van der Waals surface area contributed by atoms with E-state index in [0.717, 1.165) is 16.7 Å². The van der Waals surface area contributed by atoms with Gasteiger partial charge in [0, 0.05) is 23.6 Å². The topological polar surface area (TPSA) is 61.3 Å². The number of fused-ring (bicyclic) bond motifs is 1. The van der Waals surface area contributed by atoms with Gasteiger partial charge < -0.3 is 15.0 Å². The van der Waals surface area contributed by atoms with Gasteiger partial charge in [-0.3, -0.25) is 0 Å². The Labute approximate surface area is 75.3 Å². The Hall–Kier alpha value is -1.55. The second-order valence-corrected chi connectivity index (χ2v) is 2.73. The predicted molar refractivity (Wildman–Crippen MR) is 48.5 cm³/mol. The smallest absolute Gasteiger partial charge is 0.170 e. The van der Waals surface area contributed by atoms with E-state index in [1.54, 1.807) is 19.4 Å². The second kappa shape index (κ2) is 3.06. The van der Waals surface area contributed by atoms with E-state index in [-0.39, 0.29) is 0 Å². The Morgan fingerprint density at radius 2 is 2.38 bits per heavy atom. The van der Waals surface area contributed by atoms with Crippen molar-refractivity contribution in [2.45, 2.75) is 6.54 Å². The monoisotopic (exact) mass is 178 g/mol. The van der Waals surface area contributed by atoms with Gasteiger partial charge >= 0.3 is 0 Å². The number of hydrogen-bond donors (Lipinski definition) is 1. The van der Waals surface area contributed by atoms with Crippen LogP contribution in [0.25, 0.3) is 11.0 Å². The van der Waals surface area contributed by atoms with Crippen LogP contribution in [0.1, 0.15) is 5.56 Å². The molecule has 0 saturated carbocycles. The van der Waals surface area contributed by atoms with Crippen molar-refractivity contribution in [2.24, 2.45) is 5.73 Å². The molecule has 2 rings (SSSR count). The number of aromatic nitrogens is 1. The van der Waals surface area contributed by atoms with Gasteiger partial charge in [0.05, 0.1) is 13.3 Å². The van der Waals surface area contributed by atoms with Gasteiger partial charge in [-0.25, -0.2) is 0 Å². The van der Waals surface area contributed by atoms with Crippen molar-refractivity contribution in [3.63, 3.8) is 0 Å². The Kier molecular flexibility index (Phi) is 1.90. The molecular formula is C9H10N2O2. The fourth-order valence-corrected chi connectivity index (χ4v) is 1.29. The summed E-state index contributed by atoms with van der Waals surface area (Å²) in [7, 11) is 1.61. The zero-order valence-electron chi connectivity index (χ0n) is 7.28. The zero-order valence-corrected chi connectivity index (χ0v) is 7.28. The first kappa shape index (κ1) is 8.07. The van der Waals surface area contributed by atoms with Crippen LogP contribution in [0.4, 0.5) is 0 Å². The molecule has 0 atom stereocenters. The summed E-state index contributed by atoms with van der Waals surface area (Å²) in [5, 5.41) is 4.63. The third kappa shape index (κ3) is 1.25. The molecule has 4 nitrogen and oxygen atoms in total. The Morgan fingerprint density at radius 1 is 1.54 bits per heavy atom. The van der Waals surface area contributed by atoms with Gasteiger partial charge in [-0.1, -0.05) is 5.16 Å². The normalized spacial score (nSPS) is 10.6. The van der Waals surface area contributed by atoms with Gasteiger partial charge in [0.25, 0.3) is 0 Å². The standard InChI is InChI=1S/C9H10N2O2/c1-12-8-3-9-7(5-11-13-9)2-6(8)4-10/h2-3,5H,4,10H2,1H3. The van der Waals surface area contributed by atoms with E-state index in [1.165, 1.54) is 0 Å². The zero-order chi connectivity index (χ0) is 9.26. The maximum atomic E-state index is 5.55. The molecule has 68 valence electrons. The minimum atomic E-state index is 0.449. The predicted octanol–water partition coefficient (Wildman–Crippen LogP) is 1.30. The molecule has 0 aliphatic heterocycles. The lowest BCUT2D eigenvalue weighted by Crippen LogP contribution is -1.99. The summed E-state index contributed by atoms with van der Waals surface area (Å²) in [5.74, 6) is 0.742. The number of ether oxygens (including phenoxy) is 1. The number of methoxy groups -OCH3 is 1. The molecule has 1 aromatic heterocycles. The number of nitrogens with two attached hydrogens (primary N) is 1. The lowest BCUT2D eigenvalue weighted by Gasteiger charge is -2.04. The van der Waals surface area contributed by atoms with E-state index in [2.05, 4.69) is 5.16 Å². The molecule has 0 bridgehead atoms. The van der Waals surface area contributed by atoms with Crippen molar-refractivity contribution >= 4 is 11.0 Å². The summed E-state index contributed by atoms with van der Waals surface area (Å²) in [6, 6.07) is 3.72. The van der Waals surface area contributed by atoms with Crippen molar-refractivity contribution < 1.29 is 9.26 Å². The van der Waals surface area contributed by atoms with Crippen LogP contribution in [0.5, 0.6) is 5.75 Å². The van der Waals surface area contributed by atoms with E-state index >= 15 is 0 Å². The van der Waals surface area contributed by atoms with Gasteiger partial charge in [-0.05, 0) is 6.07 Å². The number of rotatable bonds is 2. The molecule has 0 unspecified atom stereocenters. The maximum absolute atomic E-state index is 5.55. The molecule has 4 heteroatoms. The van der Waals surface area contributed by atoms with E-state index in [1.807, 2.05) is 6.07 Å². The summed E-state index contributed by atoms with van der Waals surface area (Å²) in [4.78, 5) is 0. The van der Waals surface area contributed by atoms with E-state index in [4.69, 9.17) is 15.0 Å². The molecule has 13 heavy (non-hydrogen) atoms. The first-order valence-electron chi connectivity index (χ1n) is 3.96. The van der Waals surface area contributed by atoms with Crippen molar-refractivity contribution in [3.05, 3.63) is 23.9 Å². The van der Waals surface area contributed by atoms with Gasteiger partial charge in [0.1, 0.15) is 5.75 Å². The first-order valence-corrected chi connectivity index (χ1v) is 3.96. The molecule has 1 aromatic carbocycles. The molecule has 2 N–H and O–H groups in total. The highest BCUT2D eigenvalue weighted by molar-refractivity contribution is 5.78. The lowest BCUT2D eigenvalue weighted by molar-refractivity contribution is 0.407. The summed E-state index contributed by atoms with van der Waals surface area (Å²) >= 11 is 0. The fourth-order valence-electron chi connectivity index (χ4n) is 1.29. The fraction of sp³-hybridized carbons (Fsp3) is 0.222. The SMILES string of the molecule is COc1cc2oncc2cc1CN. The highest BCUT2D eigenvalue weighted by atomic mass is 16.5. The molecule has 0 fully saturated rings. The second-order valence-electron chi connectivity index (χ2n) is 2.73. The minimum Gasteiger partial charge on any atom is -0.496 e. The molecule has 0 aliphatic rings. The molecule has 0 radical (unpaired) electrons. The van der Waals surface area contributed by atoms with Gasteiger partial charge in [0.15, 0.2) is 5.58 Å². The van der Waals surface area contributed by atoms with E-state index < -0.39 is 0 Å². The summed E-state index contributed by atoms with van der Waals surface area (Å²) in [5.41, 5.74) is 7.23. The first-order chi connectivity index (χ1) is 6.35.